The highest BCUT2D eigenvalue weighted by Gasteiger charge is 2.36. The molecule has 1 aliphatic rings. The summed E-state index contributed by atoms with van der Waals surface area (Å²) in [5.74, 6) is 0. The fraction of sp³-hybridized carbons (Fsp3) is 0.0556. The van der Waals surface area contributed by atoms with E-state index in [0.717, 1.165) is 67.0 Å². The first-order chi connectivity index (χ1) is 28.1. The minimum Gasteiger partial charge on any atom is -0.307 e. The van der Waals surface area contributed by atoms with Crippen LogP contribution in [-0.2, 0) is 5.41 Å². The van der Waals surface area contributed by atoms with Gasteiger partial charge in [0.05, 0.1) is 22.6 Å². The topological polar surface area (TPSA) is 20.5 Å². The Kier molecular flexibility index (Phi) is 7.52. The number of anilines is 3. The van der Waals surface area contributed by atoms with Crippen LogP contribution in [0.25, 0.3) is 71.8 Å². The standard InChI is InChI=1S/C54H39N3/c1-54(2)46-31-17-16-28-42(46)43-34-33-40(35-47(43)54)56(48-32-18-26-36-19-12-13-27-41(36)48)53-45-30-15-14-29-44(45)52-49(37-20-6-3-7-21-37)50(38-22-8-4-9-23-38)55-57(52)51(53)39-24-10-5-11-25-39/h3-35H,1-2H3. The largest absolute Gasteiger partial charge is 0.307 e. The summed E-state index contributed by atoms with van der Waals surface area (Å²) in [5, 5.41) is 10.3. The van der Waals surface area contributed by atoms with Gasteiger partial charge in [-0.2, -0.15) is 5.10 Å². The van der Waals surface area contributed by atoms with Gasteiger partial charge in [0.1, 0.15) is 5.69 Å². The molecule has 57 heavy (non-hydrogen) atoms. The highest BCUT2D eigenvalue weighted by atomic mass is 15.3. The van der Waals surface area contributed by atoms with Gasteiger partial charge in [0.25, 0.3) is 0 Å². The van der Waals surface area contributed by atoms with Crippen LogP contribution in [-0.4, -0.2) is 9.61 Å². The summed E-state index contributed by atoms with van der Waals surface area (Å²) in [6.07, 6.45) is 0. The number of hydrogen-bond donors (Lipinski definition) is 0. The van der Waals surface area contributed by atoms with Gasteiger partial charge in [0, 0.05) is 44.0 Å². The number of nitrogens with zero attached hydrogens (tertiary/aromatic N) is 3. The molecule has 3 nitrogen and oxygen atoms in total. The lowest BCUT2D eigenvalue weighted by atomic mass is 9.82. The monoisotopic (exact) mass is 729 g/mol. The van der Waals surface area contributed by atoms with Crippen molar-refractivity contribution in [2.75, 3.05) is 4.90 Å². The Balaban J connectivity index is 1.32. The van der Waals surface area contributed by atoms with Crippen LogP contribution in [0.5, 0.6) is 0 Å². The fourth-order valence-electron chi connectivity index (χ4n) is 9.33. The van der Waals surface area contributed by atoms with Crippen LogP contribution in [0.4, 0.5) is 17.1 Å². The molecule has 2 aromatic heterocycles. The second-order valence-corrected chi connectivity index (χ2v) is 15.6. The molecule has 1 aliphatic carbocycles. The van der Waals surface area contributed by atoms with E-state index in [4.69, 9.17) is 5.10 Å². The molecule has 0 bridgehead atoms. The maximum atomic E-state index is 5.68. The van der Waals surface area contributed by atoms with Crippen molar-refractivity contribution in [2.24, 2.45) is 0 Å². The number of fused-ring (bicyclic) bond motifs is 7. The van der Waals surface area contributed by atoms with Crippen molar-refractivity contribution in [3.05, 3.63) is 211 Å². The van der Waals surface area contributed by atoms with Crippen LogP contribution in [0.1, 0.15) is 25.0 Å². The molecule has 0 saturated heterocycles. The number of benzene rings is 8. The quantitative estimate of drug-likeness (QED) is 0.170. The van der Waals surface area contributed by atoms with Crippen LogP contribution in [0.3, 0.4) is 0 Å². The third-order valence-corrected chi connectivity index (χ3v) is 12.0. The Morgan fingerprint density at radius 3 is 1.81 bits per heavy atom. The third kappa shape index (κ3) is 5.09. The molecular formula is C54H39N3. The average molecular weight is 730 g/mol. The van der Waals surface area contributed by atoms with E-state index in [1.165, 1.54) is 33.0 Å². The molecule has 0 fully saturated rings. The zero-order chi connectivity index (χ0) is 38.1. The second-order valence-electron chi connectivity index (χ2n) is 15.6. The number of hydrogen-bond acceptors (Lipinski definition) is 2. The summed E-state index contributed by atoms with van der Waals surface area (Å²) in [6, 6.07) is 72.5. The molecule has 2 heterocycles. The van der Waals surface area contributed by atoms with E-state index in [-0.39, 0.29) is 5.41 Å². The molecule has 3 heteroatoms. The average Bonchev–Trinajstić information content (AvgIpc) is 3.78. The minimum atomic E-state index is -0.169. The van der Waals surface area contributed by atoms with Crippen molar-refractivity contribution in [1.82, 2.24) is 9.61 Å². The Bertz CT molecular complexity index is 3140. The first-order valence-electron chi connectivity index (χ1n) is 19.7. The van der Waals surface area contributed by atoms with Gasteiger partial charge in [-0.05, 0) is 51.4 Å². The maximum absolute atomic E-state index is 5.68. The Morgan fingerprint density at radius 2 is 1.05 bits per heavy atom. The van der Waals surface area contributed by atoms with E-state index in [2.05, 4.69) is 223 Å². The van der Waals surface area contributed by atoms with Crippen LogP contribution in [0.2, 0.25) is 0 Å². The van der Waals surface area contributed by atoms with Gasteiger partial charge < -0.3 is 4.90 Å². The minimum absolute atomic E-state index is 0.169. The van der Waals surface area contributed by atoms with Crippen molar-refractivity contribution in [2.45, 2.75) is 19.3 Å². The van der Waals surface area contributed by atoms with Gasteiger partial charge >= 0.3 is 0 Å². The predicted octanol–water partition coefficient (Wildman–Crippen LogP) is 14.4. The van der Waals surface area contributed by atoms with E-state index in [1.807, 2.05) is 0 Å². The molecule has 0 radical (unpaired) electrons. The van der Waals surface area contributed by atoms with Gasteiger partial charge in [-0.25, -0.2) is 4.52 Å². The molecule has 8 aromatic carbocycles. The van der Waals surface area contributed by atoms with E-state index >= 15 is 0 Å². The lowest BCUT2D eigenvalue weighted by Gasteiger charge is -2.32. The summed E-state index contributed by atoms with van der Waals surface area (Å²) >= 11 is 0. The van der Waals surface area contributed by atoms with E-state index in [9.17, 15) is 0 Å². The highest BCUT2D eigenvalue weighted by Crippen LogP contribution is 2.54. The SMILES string of the molecule is CC1(C)c2ccccc2-c2ccc(N(c3cccc4ccccc34)c3c(-c4ccccc4)n4nc(-c5ccccc5)c(-c5ccccc5)c4c4ccccc34)cc21. The van der Waals surface area contributed by atoms with Crippen LogP contribution in [0.15, 0.2) is 200 Å². The first kappa shape index (κ1) is 33.1. The molecule has 270 valence electrons. The Hall–Kier alpha value is -7.23. The summed E-state index contributed by atoms with van der Waals surface area (Å²) < 4.78 is 2.24. The molecule has 0 aliphatic heterocycles. The van der Waals surface area contributed by atoms with Crippen molar-refractivity contribution >= 4 is 44.1 Å². The van der Waals surface area contributed by atoms with Gasteiger partial charge in [0.2, 0.25) is 0 Å². The number of pyridine rings is 1. The molecule has 11 rings (SSSR count). The zero-order valence-corrected chi connectivity index (χ0v) is 31.9. The number of rotatable bonds is 6. The lowest BCUT2D eigenvalue weighted by molar-refractivity contribution is 0.660. The van der Waals surface area contributed by atoms with E-state index in [0.29, 0.717) is 0 Å². The van der Waals surface area contributed by atoms with Crippen LogP contribution < -0.4 is 4.90 Å². The molecule has 0 N–H and O–H groups in total. The summed E-state index contributed by atoms with van der Waals surface area (Å²) in [6.45, 7) is 4.72. The Morgan fingerprint density at radius 1 is 0.474 bits per heavy atom. The molecular weight excluding hydrogens is 691 g/mol. The summed E-state index contributed by atoms with van der Waals surface area (Å²) in [4.78, 5) is 2.51. The zero-order valence-electron chi connectivity index (χ0n) is 31.9. The normalized spacial score (nSPS) is 12.9. The molecule has 0 saturated carbocycles. The van der Waals surface area contributed by atoms with E-state index in [1.54, 1.807) is 0 Å². The van der Waals surface area contributed by atoms with Crippen molar-refractivity contribution in [3.63, 3.8) is 0 Å². The third-order valence-electron chi connectivity index (χ3n) is 12.0. The van der Waals surface area contributed by atoms with E-state index < -0.39 is 0 Å². The maximum Gasteiger partial charge on any atom is 0.101 e. The summed E-state index contributed by atoms with van der Waals surface area (Å²) in [5.41, 5.74) is 15.9. The lowest BCUT2D eigenvalue weighted by Crippen LogP contribution is -2.18. The van der Waals surface area contributed by atoms with Gasteiger partial charge in [0.15, 0.2) is 0 Å². The smallest absolute Gasteiger partial charge is 0.101 e. The van der Waals surface area contributed by atoms with Crippen LogP contribution >= 0.6 is 0 Å². The first-order valence-corrected chi connectivity index (χ1v) is 19.7. The second kappa shape index (κ2) is 12.9. The van der Waals surface area contributed by atoms with Gasteiger partial charge in [-0.1, -0.05) is 196 Å². The van der Waals surface area contributed by atoms with Gasteiger partial charge in [-0.15, -0.1) is 0 Å². The van der Waals surface area contributed by atoms with Crippen molar-refractivity contribution < 1.29 is 0 Å². The van der Waals surface area contributed by atoms with Gasteiger partial charge in [-0.3, -0.25) is 0 Å². The molecule has 0 atom stereocenters. The summed E-state index contributed by atoms with van der Waals surface area (Å²) in [7, 11) is 0. The molecule has 0 unspecified atom stereocenters. The van der Waals surface area contributed by atoms with Crippen LogP contribution in [0, 0.1) is 0 Å². The Labute approximate surface area is 332 Å². The fourth-order valence-corrected chi connectivity index (χ4v) is 9.33. The number of aromatic nitrogens is 2. The highest BCUT2D eigenvalue weighted by molar-refractivity contribution is 6.17. The molecule has 0 spiro atoms. The molecule has 0 amide bonds. The molecule has 10 aromatic rings. The van der Waals surface area contributed by atoms with Crippen molar-refractivity contribution in [1.29, 1.82) is 0 Å². The van der Waals surface area contributed by atoms with Crippen molar-refractivity contribution in [3.8, 4) is 44.8 Å². The predicted molar refractivity (Wildman–Crippen MR) is 239 cm³/mol.